The third-order valence-corrected chi connectivity index (χ3v) is 5.36. The predicted molar refractivity (Wildman–Crippen MR) is 86.3 cm³/mol. The van der Waals surface area contributed by atoms with Crippen molar-refractivity contribution < 1.29 is 14.3 Å². The number of nitrogens with zero attached hydrogens (tertiary/aromatic N) is 2. The maximum Gasteiger partial charge on any atom is 0.227 e. The Hall–Kier alpha value is -2.04. The summed E-state index contributed by atoms with van der Waals surface area (Å²) in [6.07, 6.45) is 3.55. The molecule has 0 unspecified atom stereocenters. The Morgan fingerprint density at radius 1 is 1.30 bits per heavy atom. The van der Waals surface area contributed by atoms with Gasteiger partial charge in [-0.3, -0.25) is 9.59 Å². The highest BCUT2D eigenvalue weighted by Gasteiger charge is 2.50. The molecular formula is C18H22N2O3. The Morgan fingerprint density at radius 2 is 2.13 bits per heavy atom. The standard InChI is InChI=1S/C18H22N2O3/c1-23-15-4-2-3-14(9-15)20-12-18(10-16(20)21)7-8-19(11-18)17(22)13-5-6-13/h2-4,9,13H,5-8,10-12H2,1H3/t18-/m1/s1. The van der Waals surface area contributed by atoms with Crippen LogP contribution in [0.25, 0.3) is 0 Å². The van der Waals surface area contributed by atoms with Gasteiger partial charge < -0.3 is 14.5 Å². The van der Waals surface area contributed by atoms with Crippen LogP contribution in [-0.2, 0) is 9.59 Å². The van der Waals surface area contributed by atoms with Gasteiger partial charge in [-0.1, -0.05) is 6.07 Å². The highest BCUT2D eigenvalue weighted by Crippen LogP contribution is 2.43. The highest BCUT2D eigenvalue weighted by atomic mass is 16.5. The van der Waals surface area contributed by atoms with Crippen molar-refractivity contribution in [1.29, 1.82) is 0 Å². The van der Waals surface area contributed by atoms with Crippen LogP contribution in [0.4, 0.5) is 5.69 Å². The fourth-order valence-corrected chi connectivity index (χ4v) is 3.89. The van der Waals surface area contributed by atoms with Crippen molar-refractivity contribution in [2.24, 2.45) is 11.3 Å². The molecule has 1 aromatic carbocycles. The predicted octanol–water partition coefficient (Wildman–Crippen LogP) is 2.06. The van der Waals surface area contributed by atoms with Gasteiger partial charge in [0.15, 0.2) is 0 Å². The molecule has 23 heavy (non-hydrogen) atoms. The number of ether oxygens (including phenoxy) is 1. The number of carbonyl (C=O) groups excluding carboxylic acids is 2. The van der Waals surface area contributed by atoms with E-state index in [0.29, 0.717) is 18.9 Å². The molecule has 4 rings (SSSR count). The third-order valence-electron chi connectivity index (χ3n) is 5.36. The van der Waals surface area contributed by atoms with Gasteiger partial charge in [0.2, 0.25) is 11.8 Å². The van der Waals surface area contributed by atoms with Crippen LogP contribution in [0.15, 0.2) is 24.3 Å². The first-order valence-corrected chi connectivity index (χ1v) is 8.33. The number of methoxy groups -OCH3 is 1. The van der Waals surface area contributed by atoms with Crippen LogP contribution in [0.3, 0.4) is 0 Å². The van der Waals surface area contributed by atoms with Crippen molar-refractivity contribution in [3.63, 3.8) is 0 Å². The maximum absolute atomic E-state index is 12.5. The van der Waals surface area contributed by atoms with E-state index in [-0.39, 0.29) is 17.2 Å². The first kappa shape index (κ1) is 14.5. The molecule has 2 aliphatic heterocycles. The van der Waals surface area contributed by atoms with E-state index in [2.05, 4.69) is 0 Å². The summed E-state index contributed by atoms with van der Waals surface area (Å²) in [5.41, 5.74) is 0.822. The lowest BCUT2D eigenvalue weighted by molar-refractivity contribution is -0.132. The third kappa shape index (κ3) is 2.58. The van der Waals surface area contributed by atoms with Gasteiger partial charge >= 0.3 is 0 Å². The fraction of sp³-hybridized carbons (Fsp3) is 0.556. The summed E-state index contributed by atoms with van der Waals surface area (Å²) < 4.78 is 5.26. The van der Waals surface area contributed by atoms with Gasteiger partial charge in [0.25, 0.3) is 0 Å². The first-order chi connectivity index (χ1) is 11.1. The summed E-state index contributed by atoms with van der Waals surface area (Å²) in [6, 6.07) is 7.63. The number of anilines is 1. The molecular weight excluding hydrogens is 292 g/mol. The number of hydrogen-bond donors (Lipinski definition) is 0. The molecule has 3 aliphatic rings. The average molecular weight is 314 g/mol. The average Bonchev–Trinajstić information content (AvgIpc) is 3.26. The van der Waals surface area contributed by atoms with Crippen LogP contribution in [-0.4, -0.2) is 43.5 Å². The Labute approximate surface area is 136 Å². The van der Waals surface area contributed by atoms with E-state index in [9.17, 15) is 9.59 Å². The topological polar surface area (TPSA) is 49.9 Å². The maximum atomic E-state index is 12.5. The number of likely N-dealkylation sites (tertiary alicyclic amines) is 1. The smallest absolute Gasteiger partial charge is 0.227 e. The number of amides is 2. The van der Waals surface area contributed by atoms with Gasteiger partial charge in [-0.2, -0.15) is 0 Å². The summed E-state index contributed by atoms with van der Waals surface area (Å²) in [7, 11) is 1.63. The molecule has 2 saturated heterocycles. The first-order valence-electron chi connectivity index (χ1n) is 8.33. The normalized spacial score (nSPS) is 27.1. The molecule has 1 aromatic rings. The molecule has 3 fully saturated rings. The van der Waals surface area contributed by atoms with Gasteiger partial charge in [-0.05, 0) is 31.4 Å². The molecule has 0 aromatic heterocycles. The Morgan fingerprint density at radius 3 is 2.87 bits per heavy atom. The van der Waals surface area contributed by atoms with E-state index in [4.69, 9.17) is 4.74 Å². The molecule has 2 amide bonds. The Bertz CT molecular complexity index is 655. The molecule has 5 heteroatoms. The molecule has 122 valence electrons. The van der Waals surface area contributed by atoms with E-state index >= 15 is 0 Å². The van der Waals surface area contributed by atoms with Crippen LogP contribution in [0.2, 0.25) is 0 Å². The minimum atomic E-state index is -0.0648. The summed E-state index contributed by atoms with van der Waals surface area (Å²) in [5.74, 6) is 1.47. The number of hydrogen-bond acceptors (Lipinski definition) is 3. The summed E-state index contributed by atoms with van der Waals surface area (Å²) >= 11 is 0. The molecule has 0 bridgehead atoms. The van der Waals surface area contributed by atoms with Gasteiger partial charge in [0.05, 0.1) is 7.11 Å². The van der Waals surface area contributed by atoms with Crippen LogP contribution in [0.5, 0.6) is 5.75 Å². The molecule has 1 spiro atoms. The lowest BCUT2D eigenvalue weighted by atomic mass is 9.86. The summed E-state index contributed by atoms with van der Waals surface area (Å²) in [6.45, 7) is 2.23. The lowest BCUT2D eigenvalue weighted by Gasteiger charge is -2.24. The molecule has 1 atom stereocenters. The second kappa shape index (κ2) is 5.25. The lowest BCUT2D eigenvalue weighted by Crippen LogP contribution is -2.34. The zero-order valence-corrected chi connectivity index (χ0v) is 13.5. The van der Waals surface area contributed by atoms with Crippen LogP contribution in [0, 0.1) is 11.3 Å². The van der Waals surface area contributed by atoms with Crippen molar-refractivity contribution in [1.82, 2.24) is 4.90 Å². The van der Waals surface area contributed by atoms with Gasteiger partial charge in [0, 0.05) is 49.1 Å². The van der Waals surface area contributed by atoms with E-state index in [1.54, 1.807) is 7.11 Å². The fourth-order valence-electron chi connectivity index (χ4n) is 3.89. The minimum absolute atomic E-state index is 0.0648. The largest absolute Gasteiger partial charge is 0.497 e. The quantitative estimate of drug-likeness (QED) is 0.858. The van der Waals surface area contributed by atoms with Crippen molar-refractivity contribution in [2.75, 3.05) is 31.6 Å². The van der Waals surface area contributed by atoms with Crippen LogP contribution in [0.1, 0.15) is 25.7 Å². The van der Waals surface area contributed by atoms with Crippen molar-refractivity contribution >= 4 is 17.5 Å². The second-order valence-electron chi connectivity index (χ2n) is 7.14. The van der Waals surface area contributed by atoms with Crippen molar-refractivity contribution in [3.05, 3.63) is 24.3 Å². The van der Waals surface area contributed by atoms with E-state index in [1.807, 2.05) is 34.1 Å². The monoisotopic (exact) mass is 314 g/mol. The van der Waals surface area contributed by atoms with Gasteiger partial charge in [-0.15, -0.1) is 0 Å². The molecule has 0 N–H and O–H groups in total. The number of benzene rings is 1. The van der Waals surface area contributed by atoms with Crippen LogP contribution >= 0.6 is 0 Å². The molecule has 1 aliphatic carbocycles. The number of rotatable bonds is 3. The highest BCUT2D eigenvalue weighted by molar-refractivity contribution is 5.96. The zero-order chi connectivity index (χ0) is 16.0. The van der Waals surface area contributed by atoms with Gasteiger partial charge in [-0.25, -0.2) is 0 Å². The van der Waals surface area contributed by atoms with Crippen molar-refractivity contribution in [3.8, 4) is 5.75 Å². The van der Waals surface area contributed by atoms with E-state index in [1.165, 1.54) is 0 Å². The molecule has 2 heterocycles. The summed E-state index contributed by atoms with van der Waals surface area (Å²) in [5, 5.41) is 0. The molecule has 5 nitrogen and oxygen atoms in total. The van der Waals surface area contributed by atoms with Crippen molar-refractivity contribution in [2.45, 2.75) is 25.7 Å². The second-order valence-corrected chi connectivity index (χ2v) is 7.14. The van der Waals surface area contributed by atoms with Gasteiger partial charge in [0.1, 0.15) is 5.75 Å². The number of carbonyl (C=O) groups is 2. The van der Waals surface area contributed by atoms with E-state index < -0.39 is 0 Å². The Balaban J connectivity index is 1.50. The zero-order valence-electron chi connectivity index (χ0n) is 13.5. The van der Waals surface area contributed by atoms with Crippen LogP contribution < -0.4 is 9.64 Å². The molecule has 1 saturated carbocycles. The summed E-state index contributed by atoms with van der Waals surface area (Å²) in [4.78, 5) is 28.7. The minimum Gasteiger partial charge on any atom is -0.497 e. The molecule has 0 radical (unpaired) electrons. The Kier molecular flexibility index (Phi) is 3.32. The SMILES string of the molecule is COc1cccc(N2C[C@]3(CCN(C(=O)C4CC4)C3)CC2=O)c1. The van der Waals surface area contributed by atoms with E-state index in [0.717, 1.165) is 43.8 Å².